The van der Waals surface area contributed by atoms with E-state index < -0.39 is 41.5 Å². The van der Waals surface area contributed by atoms with Crippen LogP contribution in [0, 0.1) is 0 Å². The first-order valence-corrected chi connectivity index (χ1v) is 6.42. The van der Waals surface area contributed by atoms with Crippen molar-refractivity contribution in [2.45, 2.75) is 9.79 Å². The van der Waals surface area contributed by atoms with Crippen molar-refractivity contribution in [2.75, 3.05) is 0 Å². The average molecular weight is 318 g/mol. The van der Waals surface area contributed by atoms with Crippen LogP contribution in [0.15, 0.2) is 21.9 Å². The Kier molecular flexibility index (Phi) is 8.01. The SMILES string of the molecule is O=S(=O)(O)c1cc(O)cc(S(=O)(=O)O)c1O.[H-].[H-].[Na+].[Na+]. The Balaban J connectivity index is -0.000000320. The quantitative estimate of drug-likeness (QED) is 0.239. The van der Waals surface area contributed by atoms with Gasteiger partial charge in [0.05, 0.1) is 0 Å². The summed E-state index contributed by atoms with van der Waals surface area (Å²) in [5.74, 6) is -2.24. The monoisotopic (exact) mass is 318 g/mol. The van der Waals surface area contributed by atoms with Crippen LogP contribution in [0.4, 0.5) is 0 Å². The van der Waals surface area contributed by atoms with Gasteiger partial charge in [-0.1, -0.05) is 0 Å². The standard InChI is InChI=1S/C6H6O8S2.2Na.2H/c7-3-1-4(15(9,10)11)6(8)5(2-3)16(12,13)14;;;;/h1-2,7-8H,(H,9,10,11)(H,12,13,14);;;;/q;2*+1;2*-1. The van der Waals surface area contributed by atoms with E-state index in [-0.39, 0.29) is 62.0 Å². The number of aromatic hydroxyl groups is 2. The number of hydrogen-bond donors (Lipinski definition) is 4. The molecular formula is C6H8Na2O8S2. The van der Waals surface area contributed by atoms with E-state index in [1.165, 1.54) is 0 Å². The molecule has 0 atom stereocenters. The molecule has 0 bridgehead atoms. The Labute approximate surface area is 150 Å². The fourth-order valence-corrected chi connectivity index (χ4v) is 2.27. The average Bonchev–Trinajstić information content (AvgIpc) is 2.04. The van der Waals surface area contributed by atoms with Gasteiger partial charge in [-0.2, -0.15) is 16.8 Å². The maximum Gasteiger partial charge on any atom is 1.00 e. The summed E-state index contributed by atoms with van der Waals surface area (Å²) in [6, 6.07) is 0.860. The van der Waals surface area contributed by atoms with Gasteiger partial charge in [-0.15, -0.1) is 0 Å². The Bertz CT molecular complexity index is 592. The van der Waals surface area contributed by atoms with E-state index >= 15 is 0 Å². The molecule has 1 aromatic carbocycles. The summed E-state index contributed by atoms with van der Waals surface area (Å²) >= 11 is 0. The van der Waals surface area contributed by atoms with Gasteiger partial charge >= 0.3 is 59.1 Å². The molecule has 12 heteroatoms. The molecule has 0 fully saturated rings. The summed E-state index contributed by atoms with van der Waals surface area (Å²) in [6.07, 6.45) is 0. The third-order valence-corrected chi connectivity index (χ3v) is 3.31. The van der Waals surface area contributed by atoms with Gasteiger partial charge in [0.2, 0.25) is 0 Å². The molecule has 0 aliphatic rings. The number of rotatable bonds is 2. The van der Waals surface area contributed by atoms with Crippen molar-refractivity contribution < 1.29 is 98.1 Å². The summed E-state index contributed by atoms with van der Waals surface area (Å²) in [6.45, 7) is 0. The van der Waals surface area contributed by atoms with E-state index in [1.807, 2.05) is 0 Å². The maximum absolute atomic E-state index is 10.7. The van der Waals surface area contributed by atoms with Crippen LogP contribution in [0.25, 0.3) is 0 Å². The van der Waals surface area contributed by atoms with Crippen LogP contribution in [-0.4, -0.2) is 36.2 Å². The molecule has 0 aliphatic heterocycles. The zero-order valence-corrected chi connectivity index (χ0v) is 15.0. The molecule has 0 saturated heterocycles. The van der Waals surface area contributed by atoms with E-state index in [1.54, 1.807) is 0 Å². The molecule has 4 N–H and O–H groups in total. The fourth-order valence-electron chi connectivity index (χ4n) is 0.962. The minimum atomic E-state index is -4.92. The first kappa shape index (κ1) is 20.9. The van der Waals surface area contributed by atoms with Gasteiger partial charge in [-0.05, 0) is 0 Å². The van der Waals surface area contributed by atoms with Crippen LogP contribution < -0.4 is 59.1 Å². The summed E-state index contributed by atoms with van der Waals surface area (Å²) < 4.78 is 60.0. The van der Waals surface area contributed by atoms with Crippen LogP contribution >= 0.6 is 0 Å². The number of phenolic OH excluding ortho intramolecular Hbond substituents is 2. The number of benzene rings is 1. The summed E-state index contributed by atoms with van der Waals surface area (Å²) in [7, 11) is -9.85. The Morgan fingerprint density at radius 2 is 1.11 bits per heavy atom. The second-order valence-corrected chi connectivity index (χ2v) is 5.52. The summed E-state index contributed by atoms with van der Waals surface area (Å²) in [5, 5.41) is 18.2. The van der Waals surface area contributed by atoms with Crippen molar-refractivity contribution in [1.82, 2.24) is 0 Å². The minimum Gasteiger partial charge on any atom is -1.00 e. The molecule has 0 amide bonds. The van der Waals surface area contributed by atoms with Crippen molar-refractivity contribution in [1.29, 1.82) is 0 Å². The zero-order valence-electron chi connectivity index (χ0n) is 11.4. The third kappa shape index (κ3) is 4.96. The first-order valence-electron chi connectivity index (χ1n) is 3.54. The van der Waals surface area contributed by atoms with Crippen molar-refractivity contribution >= 4 is 20.2 Å². The Morgan fingerprint density at radius 3 is 1.33 bits per heavy atom. The smallest absolute Gasteiger partial charge is 1.00 e. The maximum atomic E-state index is 10.7. The molecule has 0 saturated carbocycles. The van der Waals surface area contributed by atoms with Gasteiger partial charge in [-0.25, -0.2) is 0 Å². The van der Waals surface area contributed by atoms with Crippen LogP contribution in [0.3, 0.4) is 0 Å². The summed E-state index contributed by atoms with van der Waals surface area (Å²) in [4.78, 5) is -2.44. The van der Waals surface area contributed by atoms with Crippen molar-refractivity contribution in [2.24, 2.45) is 0 Å². The second-order valence-electron chi connectivity index (χ2n) is 2.74. The molecule has 0 aromatic heterocycles. The molecular weight excluding hydrogens is 310 g/mol. The normalized spacial score (nSPS) is 11.2. The first-order chi connectivity index (χ1) is 7.03. The molecule has 0 unspecified atom stereocenters. The third-order valence-electron chi connectivity index (χ3n) is 1.58. The molecule has 0 heterocycles. The predicted molar refractivity (Wildman–Crippen MR) is 51.6 cm³/mol. The van der Waals surface area contributed by atoms with Crippen molar-refractivity contribution in [3.63, 3.8) is 0 Å². The van der Waals surface area contributed by atoms with Crippen LogP contribution in [0.2, 0.25) is 0 Å². The zero-order chi connectivity index (χ0) is 12.7. The van der Waals surface area contributed by atoms with Crippen LogP contribution in [0.5, 0.6) is 11.5 Å². The van der Waals surface area contributed by atoms with E-state index in [0.29, 0.717) is 12.1 Å². The van der Waals surface area contributed by atoms with E-state index in [0.717, 1.165) is 0 Å². The fraction of sp³-hybridized carbons (Fsp3) is 0. The van der Waals surface area contributed by atoms with Crippen LogP contribution in [0.1, 0.15) is 2.85 Å². The Hall–Kier alpha value is 0.640. The van der Waals surface area contributed by atoms with E-state index in [9.17, 15) is 21.9 Å². The molecule has 18 heavy (non-hydrogen) atoms. The molecule has 94 valence electrons. The largest absolute Gasteiger partial charge is 1.00 e. The second kappa shape index (κ2) is 6.88. The topological polar surface area (TPSA) is 149 Å². The van der Waals surface area contributed by atoms with E-state index in [4.69, 9.17) is 14.2 Å². The molecule has 0 spiro atoms. The van der Waals surface area contributed by atoms with Gasteiger partial charge in [0.15, 0.2) is 5.75 Å². The van der Waals surface area contributed by atoms with E-state index in [2.05, 4.69) is 0 Å². The molecule has 8 nitrogen and oxygen atoms in total. The van der Waals surface area contributed by atoms with Gasteiger partial charge in [0, 0.05) is 12.1 Å². The predicted octanol–water partition coefficient (Wildman–Crippen LogP) is -6.18. The summed E-state index contributed by atoms with van der Waals surface area (Å²) in [5.41, 5.74) is 0. The van der Waals surface area contributed by atoms with Crippen molar-refractivity contribution in [3.8, 4) is 11.5 Å². The van der Waals surface area contributed by atoms with Gasteiger partial charge in [-0.3, -0.25) is 9.11 Å². The van der Waals surface area contributed by atoms with Gasteiger partial charge in [0.1, 0.15) is 15.5 Å². The molecule has 1 rings (SSSR count). The molecule has 1 aromatic rings. The van der Waals surface area contributed by atoms with Crippen LogP contribution in [-0.2, 0) is 20.2 Å². The molecule has 0 radical (unpaired) electrons. The number of phenols is 2. The molecule has 0 aliphatic carbocycles. The Morgan fingerprint density at radius 1 is 0.833 bits per heavy atom. The number of hydrogen-bond acceptors (Lipinski definition) is 6. The van der Waals surface area contributed by atoms with Gasteiger partial charge < -0.3 is 13.1 Å². The van der Waals surface area contributed by atoms with Crippen molar-refractivity contribution in [3.05, 3.63) is 12.1 Å². The minimum absolute atomic E-state index is 0. The van der Waals surface area contributed by atoms with Gasteiger partial charge in [0.25, 0.3) is 20.2 Å².